The molecule has 3 rings (SSSR count). The number of ether oxygens (including phenoxy) is 3. The van der Waals surface area contributed by atoms with Crippen LogP contribution in [0.2, 0.25) is 0 Å². The maximum atomic E-state index is 14.1. The molecular formula is C22H19FN2O4. The largest absolute Gasteiger partial charge is 0.497 e. The molecule has 1 heterocycles. The van der Waals surface area contributed by atoms with Crippen molar-refractivity contribution in [2.75, 3.05) is 13.7 Å². The van der Waals surface area contributed by atoms with E-state index in [1.165, 1.54) is 18.2 Å². The monoisotopic (exact) mass is 394 g/mol. The summed E-state index contributed by atoms with van der Waals surface area (Å²) >= 11 is 0. The van der Waals surface area contributed by atoms with Gasteiger partial charge in [-0.1, -0.05) is 18.2 Å². The Bertz CT molecular complexity index is 1030. The fourth-order valence-corrected chi connectivity index (χ4v) is 2.66. The molecule has 0 amide bonds. The van der Waals surface area contributed by atoms with Gasteiger partial charge in [-0.05, 0) is 48.4 Å². The van der Waals surface area contributed by atoms with Crippen molar-refractivity contribution in [2.24, 2.45) is 4.99 Å². The summed E-state index contributed by atoms with van der Waals surface area (Å²) in [5, 5.41) is 0. The molecule has 148 valence electrons. The van der Waals surface area contributed by atoms with Gasteiger partial charge < -0.3 is 14.2 Å². The van der Waals surface area contributed by atoms with Gasteiger partial charge in [0.25, 0.3) is 5.88 Å². The van der Waals surface area contributed by atoms with Gasteiger partial charge in [0.1, 0.15) is 23.9 Å². The topological polar surface area (TPSA) is 70.0 Å². The van der Waals surface area contributed by atoms with Crippen LogP contribution in [0.5, 0.6) is 17.4 Å². The maximum absolute atomic E-state index is 14.1. The molecule has 2 aromatic carbocycles. The molecule has 1 aromatic heterocycles. The van der Waals surface area contributed by atoms with Crippen molar-refractivity contribution in [3.8, 4) is 28.5 Å². The fourth-order valence-electron chi connectivity index (χ4n) is 2.66. The van der Waals surface area contributed by atoms with E-state index in [0.29, 0.717) is 36.0 Å². The Hall–Kier alpha value is -3.70. The van der Waals surface area contributed by atoms with Gasteiger partial charge in [0.15, 0.2) is 5.75 Å². The molecule has 0 spiro atoms. The van der Waals surface area contributed by atoms with E-state index in [2.05, 4.69) is 9.98 Å². The summed E-state index contributed by atoms with van der Waals surface area (Å²) in [7, 11) is 1.61. The molecular weight excluding hydrogens is 375 g/mol. The summed E-state index contributed by atoms with van der Waals surface area (Å²) in [6, 6.07) is 13.6. The lowest BCUT2D eigenvalue weighted by molar-refractivity contribution is 0.259. The lowest BCUT2D eigenvalue weighted by atomic mass is 10.1. The van der Waals surface area contributed by atoms with E-state index in [4.69, 9.17) is 14.2 Å². The van der Waals surface area contributed by atoms with E-state index in [0.717, 1.165) is 11.3 Å². The molecule has 0 N–H and O–H groups in total. The Morgan fingerprint density at radius 3 is 2.52 bits per heavy atom. The first-order valence-electron chi connectivity index (χ1n) is 8.91. The average Bonchev–Trinajstić information content (AvgIpc) is 2.75. The molecule has 0 fully saturated rings. The molecule has 0 aliphatic heterocycles. The second-order valence-corrected chi connectivity index (χ2v) is 5.97. The summed E-state index contributed by atoms with van der Waals surface area (Å²) in [6.07, 6.45) is 2.90. The second kappa shape index (κ2) is 9.48. The van der Waals surface area contributed by atoms with Crippen LogP contribution >= 0.6 is 0 Å². The van der Waals surface area contributed by atoms with Crippen LogP contribution in [0, 0.1) is 5.82 Å². The third-order valence-electron chi connectivity index (χ3n) is 4.10. The Balaban J connectivity index is 1.82. The summed E-state index contributed by atoms with van der Waals surface area (Å²) in [4.78, 5) is 18.0. The molecule has 6 nitrogen and oxygen atoms in total. The first-order chi connectivity index (χ1) is 14.1. The number of halogens is 1. The number of isocyanates is 1. The second-order valence-electron chi connectivity index (χ2n) is 5.97. The third-order valence-corrected chi connectivity index (χ3v) is 4.10. The summed E-state index contributed by atoms with van der Waals surface area (Å²) in [5.41, 5.74) is 2.10. The Morgan fingerprint density at radius 1 is 1.07 bits per heavy atom. The van der Waals surface area contributed by atoms with E-state index in [1.807, 2.05) is 31.2 Å². The molecule has 0 unspecified atom stereocenters. The standard InChI is InChI=1S/C22H19FN2O4/c1-3-28-21-11-17(16-6-9-20(25-14-26)19(23)10-16)12-24-22(21)29-13-15-4-7-18(27-2)8-5-15/h4-12H,3,13H2,1-2H3. The van der Waals surface area contributed by atoms with Crippen LogP contribution < -0.4 is 14.2 Å². The van der Waals surface area contributed by atoms with Crippen molar-refractivity contribution in [3.05, 3.63) is 66.1 Å². The predicted octanol–water partition coefficient (Wildman–Crippen LogP) is 4.84. The summed E-state index contributed by atoms with van der Waals surface area (Å²) < 4.78 is 30.6. The Morgan fingerprint density at radius 2 is 1.86 bits per heavy atom. The smallest absolute Gasteiger partial charge is 0.257 e. The van der Waals surface area contributed by atoms with Crippen LogP contribution in [0.25, 0.3) is 11.1 Å². The first kappa shape index (κ1) is 20.0. The van der Waals surface area contributed by atoms with Crippen molar-refractivity contribution in [1.29, 1.82) is 0 Å². The Labute approximate surface area is 167 Å². The number of aromatic nitrogens is 1. The SMILES string of the molecule is CCOc1cc(-c2ccc(N=C=O)c(F)c2)cnc1OCc1ccc(OC)cc1. The first-order valence-corrected chi connectivity index (χ1v) is 8.91. The van der Waals surface area contributed by atoms with Crippen LogP contribution in [0.4, 0.5) is 10.1 Å². The van der Waals surface area contributed by atoms with Crippen LogP contribution in [0.3, 0.4) is 0 Å². The highest BCUT2D eigenvalue weighted by molar-refractivity contribution is 5.68. The number of rotatable bonds is 8. The molecule has 0 aliphatic rings. The number of hydrogen-bond acceptors (Lipinski definition) is 6. The van der Waals surface area contributed by atoms with E-state index in [9.17, 15) is 9.18 Å². The van der Waals surface area contributed by atoms with Gasteiger partial charge >= 0.3 is 0 Å². The zero-order valence-electron chi connectivity index (χ0n) is 16.0. The van der Waals surface area contributed by atoms with Gasteiger partial charge in [0.05, 0.1) is 13.7 Å². The van der Waals surface area contributed by atoms with Crippen LogP contribution in [0.1, 0.15) is 12.5 Å². The number of benzene rings is 2. The zero-order valence-corrected chi connectivity index (χ0v) is 16.0. The van der Waals surface area contributed by atoms with Crippen LogP contribution in [0.15, 0.2) is 59.7 Å². The highest BCUT2D eigenvalue weighted by Gasteiger charge is 2.12. The average molecular weight is 394 g/mol. The predicted molar refractivity (Wildman–Crippen MR) is 106 cm³/mol. The number of hydrogen-bond donors (Lipinski definition) is 0. The molecule has 3 aromatic rings. The van der Waals surface area contributed by atoms with Crippen molar-refractivity contribution < 1.29 is 23.4 Å². The van der Waals surface area contributed by atoms with E-state index in [-0.39, 0.29) is 5.69 Å². The minimum atomic E-state index is -0.622. The maximum Gasteiger partial charge on any atom is 0.257 e. The molecule has 0 bridgehead atoms. The fraction of sp³-hybridized carbons (Fsp3) is 0.182. The molecule has 29 heavy (non-hydrogen) atoms. The summed E-state index contributed by atoms with van der Waals surface area (Å²) in [6.45, 7) is 2.58. The third kappa shape index (κ3) is 4.97. The van der Waals surface area contributed by atoms with Crippen LogP contribution in [-0.2, 0) is 11.4 Å². The molecule has 7 heteroatoms. The number of pyridine rings is 1. The van der Waals surface area contributed by atoms with Crippen LogP contribution in [-0.4, -0.2) is 24.8 Å². The zero-order chi connectivity index (χ0) is 20.6. The van der Waals surface area contributed by atoms with E-state index < -0.39 is 5.82 Å². The van der Waals surface area contributed by atoms with Gasteiger partial charge in [0, 0.05) is 11.8 Å². The number of carbonyl (C=O) groups excluding carboxylic acids is 1. The van der Waals surface area contributed by atoms with E-state index >= 15 is 0 Å². The van der Waals surface area contributed by atoms with Gasteiger partial charge in [0.2, 0.25) is 6.08 Å². The van der Waals surface area contributed by atoms with Crippen molar-refractivity contribution in [3.63, 3.8) is 0 Å². The van der Waals surface area contributed by atoms with Gasteiger partial charge in [-0.25, -0.2) is 14.2 Å². The molecule has 0 aliphatic carbocycles. The lowest BCUT2D eigenvalue weighted by Gasteiger charge is -2.13. The van der Waals surface area contributed by atoms with Crippen molar-refractivity contribution in [2.45, 2.75) is 13.5 Å². The van der Waals surface area contributed by atoms with Crippen molar-refractivity contribution >= 4 is 11.8 Å². The highest BCUT2D eigenvalue weighted by atomic mass is 19.1. The molecule has 0 atom stereocenters. The lowest BCUT2D eigenvalue weighted by Crippen LogP contribution is -2.02. The minimum Gasteiger partial charge on any atom is -0.497 e. The number of aliphatic imine (C=N–C) groups is 1. The Kier molecular flexibility index (Phi) is 6.55. The quantitative estimate of drug-likeness (QED) is 0.404. The highest BCUT2D eigenvalue weighted by Crippen LogP contribution is 2.32. The molecule has 0 radical (unpaired) electrons. The van der Waals surface area contributed by atoms with Gasteiger partial charge in [-0.3, -0.25) is 0 Å². The number of methoxy groups -OCH3 is 1. The molecule has 0 saturated carbocycles. The van der Waals surface area contributed by atoms with Gasteiger partial charge in [-0.15, -0.1) is 0 Å². The van der Waals surface area contributed by atoms with E-state index in [1.54, 1.807) is 25.4 Å². The van der Waals surface area contributed by atoms with Crippen molar-refractivity contribution in [1.82, 2.24) is 4.98 Å². The normalized spacial score (nSPS) is 10.2. The summed E-state index contributed by atoms with van der Waals surface area (Å²) in [5.74, 6) is 0.940. The minimum absolute atomic E-state index is 0.0683. The number of nitrogens with zero attached hydrogens (tertiary/aromatic N) is 2. The molecule has 0 saturated heterocycles. The van der Waals surface area contributed by atoms with Gasteiger partial charge in [-0.2, -0.15) is 4.99 Å².